The summed E-state index contributed by atoms with van der Waals surface area (Å²) < 4.78 is 16.3. The molecular weight excluding hydrogens is 408 g/mol. The smallest absolute Gasteiger partial charge is 0.410 e. The molecule has 168 valence electrons. The van der Waals surface area contributed by atoms with Gasteiger partial charge in [0, 0.05) is 26.1 Å². The average Bonchev–Trinajstić information content (AvgIpc) is 2.67. The number of hydrogen-bond donors (Lipinski definition) is 1. The monoisotopic (exact) mass is 440 g/mol. The predicted molar refractivity (Wildman–Crippen MR) is 116 cm³/mol. The van der Waals surface area contributed by atoms with Crippen LogP contribution in [0.2, 0.25) is 5.02 Å². The number of nitrogens with one attached hydrogen (secondary N) is 1. The van der Waals surface area contributed by atoms with E-state index in [1.54, 1.807) is 18.1 Å². The van der Waals surface area contributed by atoms with Crippen molar-refractivity contribution in [1.82, 2.24) is 10.2 Å². The van der Waals surface area contributed by atoms with E-state index in [-0.39, 0.29) is 17.9 Å². The number of benzene rings is 1. The van der Waals surface area contributed by atoms with Crippen molar-refractivity contribution in [3.63, 3.8) is 0 Å². The van der Waals surface area contributed by atoms with E-state index < -0.39 is 5.60 Å². The molecule has 1 fully saturated rings. The van der Waals surface area contributed by atoms with E-state index in [1.807, 2.05) is 33.8 Å². The van der Waals surface area contributed by atoms with E-state index in [0.717, 1.165) is 18.4 Å². The van der Waals surface area contributed by atoms with Gasteiger partial charge in [0.25, 0.3) is 0 Å². The lowest BCUT2D eigenvalue weighted by Crippen LogP contribution is -2.42. The first-order chi connectivity index (χ1) is 14.1. The minimum atomic E-state index is -0.500. The molecule has 7 nitrogen and oxygen atoms in total. The normalized spacial score (nSPS) is 14.9. The van der Waals surface area contributed by atoms with Crippen molar-refractivity contribution in [1.29, 1.82) is 0 Å². The van der Waals surface area contributed by atoms with Crippen LogP contribution in [0.15, 0.2) is 12.1 Å². The van der Waals surface area contributed by atoms with Crippen LogP contribution < -0.4 is 14.8 Å². The van der Waals surface area contributed by atoms with Crippen LogP contribution in [0.4, 0.5) is 4.79 Å². The lowest BCUT2D eigenvalue weighted by Gasteiger charge is -2.33. The van der Waals surface area contributed by atoms with E-state index in [0.29, 0.717) is 49.2 Å². The van der Waals surface area contributed by atoms with Crippen molar-refractivity contribution >= 4 is 23.6 Å². The van der Waals surface area contributed by atoms with Gasteiger partial charge in [-0.25, -0.2) is 4.79 Å². The number of rotatable bonds is 7. The lowest BCUT2D eigenvalue weighted by molar-refractivity contribution is -0.122. The summed E-state index contributed by atoms with van der Waals surface area (Å²) in [5.74, 6) is 1.29. The fraction of sp³-hybridized carbons (Fsp3) is 0.636. The molecular formula is C22H33ClN2O5. The van der Waals surface area contributed by atoms with Gasteiger partial charge in [-0.15, -0.1) is 0 Å². The Bertz CT molecular complexity index is 740. The van der Waals surface area contributed by atoms with Crippen LogP contribution in [-0.4, -0.2) is 49.3 Å². The highest BCUT2D eigenvalue weighted by molar-refractivity contribution is 6.32. The molecule has 0 radical (unpaired) electrons. The van der Waals surface area contributed by atoms with Gasteiger partial charge in [-0.1, -0.05) is 11.6 Å². The number of methoxy groups -OCH3 is 1. The molecule has 2 amide bonds. The number of ether oxygens (including phenoxy) is 3. The van der Waals surface area contributed by atoms with Crippen molar-refractivity contribution in [3.8, 4) is 11.5 Å². The molecule has 1 heterocycles. The summed E-state index contributed by atoms with van der Waals surface area (Å²) in [7, 11) is 1.56. The molecule has 1 N–H and O–H groups in total. The van der Waals surface area contributed by atoms with Gasteiger partial charge < -0.3 is 24.4 Å². The molecule has 1 aliphatic heterocycles. The van der Waals surface area contributed by atoms with Gasteiger partial charge in [-0.05, 0) is 64.2 Å². The Hall–Kier alpha value is -2.15. The lowest BCUT2D eigenvalue weighted by atomic mass is 9.93. The minimum absolute atomic E-state index is 0.0188. The fourth-order valence-corrected chi connectivity index (χ4v) is 3.63. The summed E-state index contributed by atoms with van der Waals surface area (Å²) in [5.41, 5.74) is 0.341. The van der Waals surface area contributed by atoms with Gasteiger partial charge >= 0.3 is 6.09 Å². The summed E-state index contributed by atoms with van der Waals surface area (Å²) in [6.45, 7) is 9.51. The third kappa shape index (κ3) is 7.27. The van der Waals surface area contributed by atoms with Crippen molar-refractivity contribution < 1.29 is 23.8 Å². The van der Waals surface area contributed by atoms with Crippen LogP contribution in [0, 0.1) is 5.92 Å². The molecule has 2 rings (SSSR count). The molecule has 8 heteroatoms. The summed E-state index contributed by atoms with van der Waals surface area (Å²) in [4.78, 5) is 26.2. The van der Waals surface area contributed by atoms with Crippen LogP contribution >= 0.6 is 11.6 Å². The molecule has 30 heavy (non-hydrogen) atoms. The first-order valence-electron chi connectivity index (χ1n) is 10.4. The zero-order valence-corrected chi connectivity index (χ0v) is 19.3. The van der Waals surface area contributed by atoms with Crippen LogP contribution in [0.25, 0.3) is 0 Å². The van der Waals surface area contributed by atoms with E-state index in [2.05, 4.69) is 5.32 Å². The number of nitrogens with zero attached hydrogens (tertiary/aromatic N) is 1. The molecule has 1 aromatic carbocycles. The minimum Gasteiger partial charge on any atom is -0.493 e. The molecule has 1 aliphatic rings. The molecule has 0 unspecified atom stereocenters. The van der Waals surface area contributed by atoms with Crippen molar-refractivity contribution in [3.05, 3.63) is 22.7 Å². The Labute approximate surface area is 184 Å². The Morgan fingerprint density at radius 3 is 2.47 bits per heavy atom. The van der Waals surface area contributed by atoms with Crippen molar-refractivity contribution in [2.24, 2.45) is 5.92 Å². The maximum absolute atomic E-state index is 12.4. The highest BCUT2D eigenvalue weighted by Crippen LogP contribution is 2.36. The van der Waals surface area contributed by atoms with Crippen LogP contribution in [0.5, 0.6) is 11.5 Å². The summed E-state index contributed by atoms with van der Waals surface area (Å²) in [5, 5.41) is 3.40. The number of amides is 2. The average molecular weight is 441 g/mol. The highest BCUT2D eigenvalue weighted by atomic mass is 35.5. The number of piperidine rings is 1. The number of carbonyl (C=O) groups is 2. The third-order valence-electron chi connectivity index (χ3n) is 4.81. The Kier molecular flexibility index (Phi) is 8.65. The van der Waals surface area contributed by atoms with Crippen molar-refractivity contribution in [2.45, 2.75) is 59.1 Å². The third-order valence-corrected chi connectivity index (χ3v) is 5.09. The SMILES string of the molecule is CCOc1c(Cl)cc(CNC(=O)CC2CCN(C(=O)OC(C)(C)C)CC2)cc1OC. The number of hydrogen-bond acceptors (Lipinski definition) is 5. The van der Waals surface area contributed by atoms with Gasteiger partial charge in [0.15, 0.2) is 11.5 Å². The Morgan fingerprint density at radius 2 is 1.90 bits per heavy atom. The summed E-state index contributed by atoms with van der Waals surface area (Å²) in [6.07, 6.45) is 1.72. The second-order valence-electron chi connectivity index (χ2n) is 8.43. The standard InChI is InChI=1S/C22H33ClN2O5/c1-6-29-20-17(23)11-16(12-18(20)28-5)14-24-19(26)13-15-7-9-25(10-8-15)21(27)30-22(2,3)4/h11-12,15H,6-10,13-14H2,1-5H3,(H,24,26). The first kappa shape index (κ1) is 24.1. The molecule has 1 aromatic rings. The van der Waals surface area contributed by atoms with E-state index in [4.69, 9.17) is 25.8 Å². The molecule has 1 saturated heterocycles. The van der Waals surface area contributed by atoms with Crippen LogP contribution in [0.1, 0.15) is 52.5 Å². The quantitative estimate of drug-likeness (QED) is 0.679. The first-order valence-corrected chi connectivity index (χ1v) is 10.7. The van der Waals surface area contributed by atoms with Gasteiger partial charge in [0.05, 0.1) is 18.7 Å². The van der Waals surface area contributed by atoms with Gasteiger partial charge in [-0.3, -0.25) is 4.79 Å². The topological polar surface area (TPSA) is 77.1 Å². The summed E-state index contributed by atoms with van der Waals surface area (Å²) in [6, 6.07) is 3.59. The summed E-state index contributed by atoms with van der Waals surface area (Å²) >= 11 is 6.28. The van der Waals surface area contributed by atoms with E-state index in [1.165, 1.54) is 0 Å². The maximum atomic E-state index is 12.4. The maximum Gasteiger partial charge on any atom is 0.410 e. The Balaban J connectivity index is 1.81. The molecule has 0 aromatic heterocycles. The van der Waals surface area contributed by atoms with Gasteiger partial charge in [0.1, 0.15) is 5.60 Å². The number of carbonyl (C=O) groups excluding carboxylic acids is 2. The van der Waals surface area contributed by atoms with Crippen LogP contribution in [0.3, 0.4) is 0 Å². The number of halogens is 1. The Morgan fingerprint density at radius 1 is 1.23 bits per heavy atom. The van der Waals surface area contributed by atoms with Gasteiger partial charge in [-0.2, -0.15) is 0 Å². The highest BCUT2D eigenvalue weighted by Gasteiger charge is 2.27. The second-order valence-corrected chi connectivity index (χ2v) is 8.84. The molecule has 0 saturated carbocycles. The second kappa shape index (κ2) is 10.8. The molecule has 0 spiro atoms. The zero-order valence-electron chi connectivity index (χ0n) is 18.5. The van der Waals surface area contributed by atoms with Gasteiger partial charge in [0.2, 0.25) is 5.91 Å². The number of likely N-dealkylation sites (tertiary alicyclic amines) is 1. The molecule has 0 atom stereocenters. The molecule has 0 aliphatic carbocycles. The van der Waals surface area contributed by atoms with E-state index in [9.17, 15) is 9.59 Å². The zero-order chi connectivity index (χ0) is 22.3. The largest absolute Gasteiger partial charge is 0.493 e. The fourth-order valence-electron chi connectivity index (χ4n) is 3.34. The van der Waals surface area contributed by atoms with E-state index >= 15 is 0 Å². The predicted octanol–water partition coefficient (Wildman–Crippen LogP) is 4.40. The van der Waals surface area contributed by atoms with Crippen LogP contribution in [-0.2, 0) is 16.1 Å². The molecule has 0 bridgehead atoms. The van der Waals surface area contributed by atoms with Crippen molar-refractivity contribution in [2.75, 3.05) is 26.8 Å².